The molecule has 30 heavy (non-hydrogen) atoms. The number of rotatable bonds is 6. The van der Waals surface area contributed by atoms with Gasteiger partial charge in [-0.05, 0) is 43.9 Å². The SMILES string of the molecule is COC(=O)C(N)Cc1ccc(OC2OC(=O)N(C3CCN(C(=N)N)CC3)C2C)cc1. The van der Waals surface area contributed by atoms with Gasteiger partial charge in [-0.25, -0.2) is 4.79 Å². The van der Waals surface area contributed by atoms with Crippen LogP contribution in [-0.4, -0.2) is 72.4 Å². The normalized spacial score (nSPS) is 23.1. The van der Waals surface area contributed by atoms with Crippen LogP contribution in [0.25, 0.3) is 0 Å². The molecule has 1 amide bonds. The van der Waals surface area contributed by atoms with Crippen LogP contribution in [0.15, 0.2) is 24.3 Å². The number of amides is 1. The highest BCUT2D eigenvalue weighted by atomic mass is 16.7. The molecule has 2 aliphatic heterocycles. The molecular weight excluding hydrogens is 390 g/mol. The first-order valence-electron chi connectivity index (χ1n) is 9.97. The van der Waals surface area contributed by atoms with E-state index in [1.807, 2.05) is 19.1 Å². The molecule has 164 valence electrons. The molecule has 1 aromatic rings. The minimum absolute atomic E-state index is 0.0267. The fraction of sp³-hybridized carbons (Fsp3) is 0.550. The molecule has 0 aromatic heterocycles. The van der Waals surface area contributed by atoms with E-state index in [2.05, 4.69) is 4.74 Å². The van der Waals surface area contributed by atoms with Gasteiger partial charge in [-0.15, -0.1) is 0 Å². The van der Waals surface area contributed by atoms with Crippen molar-refractivity contribution in [3.8, 4) is 5.75 Å². The van der Waals surface area contributed by atoms with Crippen LogP contribution < -0.4 is 16.2 Å². The topological polar surface area (TPSA) is 144 Å². The molecule has 3 unspecified atom stereocenters. The predicted octanol–water partition coefficient (Wildman–Crippen LogP) is 0.633. The van der Waals surface area contributed by atoms with Gasteiger partial charge < -0.3 is 30.6 Å². The van der Waals surface area contributed by atoms with Crippen LogP contribution in [0.5, 0.6) is 5.75 Å². The van der Waals surface area contributed by atoms with Gasteiger partial charge in [0.05, 0.1) is 7.11 Å². The third kappa shape index (κ3) is 4.76. The van der Waals surface area contributed by atoms with Crippen molar-refractivity contribution in [1.29, 1.82) is 5.41 Å². The smallest absolute Gasteiger partial charge is 0.413 e. The maximum atomic E-state index is 12.5. The van der Waals surface area contributed by atoms with Crippen molar-refractivity contribution in [3.63, 3.8) is 0 Å². The summed E-state index contributed by atoms with van der Waals surface area (Å²) < 4.78 is 16.0. The van der Waals surface area contributed by atoms with Crippen molar-refractivity contribution in [3.05, 3.63) is 29.8 Å². The molecule has 0 spiro atoms. The Morgan fingerprint density at radius 1 is 1.30 bits per heavy atom. The number of nitrogens with one attached hydrogen (secondary N) is 1. The van der Waals surface area contributed by atoms with Crippen LogP contribution in [0, 0.1) is 5.41 Å². The number of guanidine groups is 1. The van der Waals surface area contributed by atoms with Crippen LogP contribution in [0.2, 0.25) is 0 Å². The summed E-state index contributed by atoms with van der Waals surface area (Å²) in [6, 6.07) is 6.20. The Hall–Kier alpha value is -3.01. The van der Waals surface area contributed by atoms with E-state index in [1.165, 1.54) is 7.11 Å². The summed E-state index contributed by atoms with van der Waals surface area (Å²) >= 11 is 0. The second kappa shape index (κ2) is 9.21. The Kier molecular flexibility index (Phi) is 6.66. The number of carbonyl (C=O) groups is 2. The minimum Gasteiger partial charge on any atom is -0.468 e. The number of methoxy groups -OCH3 is 1. The lowest BCUT2D eigenvalue weighted by Crippen LogP contribution is -2.51. The summed E-state index contributed by atoms with van der Waals surface area (Å²) in [5.41, 5.74) is 12.2. The van der Waals surface area contributed by atoms with Gasteiger partial charge in [0.25, 0.3) is 6.29 Å². The maximum Gasteiger partial charge on any atom is 0.413 e. The summed E-state index contributed by atoms with van der Waals surface area (Å²) in [5, 5.41) is 7.53. The van der Waals surface area contributed by atoms with Crippen molar-refractivity contribution in [1.82, 2.24) is 9.80 Å². The summed E-state index contributed by atoms with van der Waals surface area (Å²) in [7, 11) is 1.30. The fourth-order valence-electron chi connectivity index (χ4n) is 3.87. The van der Waals surface area contributed by atoms with Crippen molar-refractivity contribution < 1.29 is 23.8 Å². The zero-order valence-corrected chi connectivity index (χ0v) is 17.2. The van der Waals surface area contributed by atoms with E-state index >= 15 is 0 Å². The van der Waals surface area contributed by atoms with E-state index in [9.17, 15) is 9.59 Å². The Balaban J connectivity index is 1.57. The summed E-state index contributed by atoms with van der Waals surface area (Å²) in [6.45, 7) is 3.17. The van der Waals surface area contributed by atoms with Gasteiger partial charge in [-0.1, -0.05) is 12.1 Å². The Labute approximate surface area is 175 Å². The third-order valence-corrected chi connectivity index (χ3v) is 5.59. The molecule has 0 radical (unpaired) electrons. The fourth-order valence-corrected chi connectivity index (χ4v) is 3.87. The second-order valence-electron chi connectivity index (χ2n) is 7.60. The number of nitrogens with zero attached hydrogens (tertiary/aromatic N) is 2. The average Bonchev–Trinajstić information content (AvgIpc) is 3.01. The zero-order chi connectivity index (χ0) is 21.8. The molecule has 10 heteroatoms. The van der Waals surface area contributed by atoms with Crippen molar-refractivity contribution >= 4 is 18.0 Å². The zero-order valence-electron chi connectivity index (χ0n) is 17.2. The van der Waals surface area contributed by atoms with E-state index in [0.29, 0.717) is 25.3 Å². The molecule has 2 saturated heterocycles. The van der Waals surface area contributed by atoms with E-state index < -0.39 is 24.4 Å². The first kappa shape index (κ1) is 21.7. The van der Waals surface area contributed by atoms with Gasteiger partial charge >= 0.3 is 12.1 Å². The molecule has 0 saturated carbocycles. The van der Waals surface area contributed by atoms with E-state index in [4.69, 9.17) is 26.4 Å². The van der Waals surface area contributed by atoms with Crippen LogP contribution in [-0.2, 0) is 20.7 Å². The number of benzene rings is 1. The number of likely N-dealkylation sites (tertiary alicyclic amines) is 1. The lowest BCUT2D eigenvalue weighted by molar-refractivity contribution is -0.142. The first-order chi connectivity index (χ1) is 14.3. The first-order valence-corrected chi connectivity index (χ1v) is 9.97. The van der Waals surface area contributed by atoms with Gasteiger partial charge in [-0.3, -0.25) is 15.1 Å². The van der Waals surface area contributed by atoms with Crippen LogP contribution in [0.1, 0.15) is 25.3 Å². The third-order valence-electron chi connectivity index (χ3n) is 5.59. The molecule has 1 aromatic carbocycles. The van der Waals surface area contributed by atoms with E-state index in [-0.39, 0.29) is 18.0 Å². The van der Waals surface area contributed by atoms with Gasteiger partial charge in [-0.2, -0.15) is 0 Å². The second-order valence-corrected chi connectivity index (χ2v) is 7.60. The molecule has 2 heterocycles. The number of carbonyl (C=O) groups excluding carboxylic acids is 2. The largest absolute Gasteiger partial charge is 0.468 e. The molecule has 0 aliphatic carbocycles. The van der Waals surface area contributed by atoms with Gasteiger partial charge in [0, 0.05) is 19.1 Å². The molecule has 3 rings (SSSR count). The highest BCUT2D eigenvalue weighted by Gasteiger charge is 2.44. The number of esters is 1. The highest BCUT2D eigenvalue weighted by Crippen LogP contribution is 2.29. The molecule has 3 atom stereocenters. The molecule has 2 fully saturated rings. The maximum absolute atomic E-state index is 12.5. The van der Waals surface area contributed by atoms with Crippen LogP contribution >= 0.6 is 0 Å². The Morgan fingerprint density at radius 2 is 1.93 bits per heavy atom. The summed E-state index contributed by atoms with van der Waals surface area (Å²) in [6.07, 6.45) is 0.692. The number of piperidine rings is 1. The van der Waals surface area contributed by atoms with Crippen LogP contribution in [0.4, 0.5) is 4.79 Å². The Morgan fingerprint density at radius 3 is 2.50 bits per heavy atom. The standard InChI is InChI=1S/C20H29N5O5/c1-12-18(29-15-5-3-13(4-6-15)11-16(21)17(26)28-2)30-20(27)25(12)14-7-9-24(10-8-14)19(22)23/h3-6,12,14,16,18H,7-11,21H2,1-2H3,(H3,22,23). The lowest BCUT2D eigenvalue weighted by Gasteiger charge is -2.37. The quantitative estimate of drug-likeness (QED) is 0.346. The molecule has 10 nitrogen and oxygen atoms in total. The lowest BCUT2D eigenvalue weighted by atomic mass is 10.0. The average molecular weight is 419 g/mol. The minimum atomic E-state index is -0.722. The monoisotopic (exact) mass is 419 g/mol. The molecule has 0 bridgehead atoms. The van der Waals surface area contributed by atoms with E-state index in [1.54, 1.807) is 21.9 Å². The number of hydrogen-bond acceptors (Lipinski definition) is 7. The number of ether oxygens (including phenoxy) is 3. The predicted molar refractivity (Wildman–Crippen MR) is 109 cm³/mol. The van der Waals surface area contributed by atoms with Crippen LogP contribution in [0.3, 0.4) is 0 Å². The van der Waals surface area contributed by atoms with Crippen molar-refractivity contribution in [2.45, 2.75) is 50.6 Å². The Bertz CT molecular complexity index is 778. The molecular formula is C20H29N5O5. The van der Waals surface area contributed by atoms with Gasteiger partial charge in [0.1, 0.15) is 17.8 Å². The molecule has 2 aliphatic rings. The summed E-state index contributed by atoms with van der Waals surface area (Å²) in [5.74, 6) is 0.155. The van der Waals surface area contributed by atoms with E-state index in [0.717, 1.165) is 18.4 Å². The van der Waals surface area contributed by atoms with Gasteiger partial charge in [0.2, 0.25) is 0 Å². The van der Waals surface area contributed by atoms with Crippen molar-refractivity contribution in [2.75, 3.05) is 20.2 Å². The number of hydrogen-bond donors (Lipinski definition) is 3. The number of cyclic esters (lactones) is 1. The number of nitrogens with two attached hydrogens (primary N) is 2. The van der Waals surface area contributed by atoms with Crippen molar-refractivity contribution in [2.24, 2.45) is 11.5 Å². The highest BCUT2D eigenvalue weighted by molar-refractivity contribution is 5.76. The molecule has 5 N–H and O–H groups in total. The van der Waals surface area contributed by atoms with Gasteiger partial charge in [0.15, 0.2) is 5.96 Å². The summed E-state index contributed by atoms with van der Waals surface area (Å²) in [4.78, 5) is 27.4.